The van der Waals surface area contributed by atoms with Crippen molar-refractivity contribution >= 4 is 11.8 Å². The molecule has 0 amide bonds. The van der Waals surface area contributed by atoms with Gasteiger partial charge in [0.2, 0.25) is 0 Å². The molecule has 3 heteroatoms. The molecule has 1 saturated carbocycles. The van der Waals surface area contributed by atoms with Crippen LogP contribution in [0.15, 0.2) is 29.2 Å². The number of ether oxygens (including phenoxy) is 1. The molecule has 1 aromatic carbocycles. The highest BCUT2D eigenvalue weighted by molar-refractivity contribution is 7.98. The third-order valence-electron chi connectivity index (χ3n) is 4.17. The second-order valence-corrected chi connectivity index (χ2v) is 6.44. The third-order valence-corrected chi connectivity index (χ3v) is 4.92. The molecule has 2 unspecified atom stereocenters. The Morgan fingerprint density at radius 1 is 1.33 bits per heavy atom. The van der Waals surface area contributed by atoms with E-state index in [-0.39, 0.29) is 5.41 Å². The van der Waals surface area contributed by atoms with Crippen molar-refractivity contribution in [2.45, 2.75) is 43.9 Å². The number of hydrogen-bond acceptors (Lipinski definition) is 3. The first-order chi connectivity index (χ1) is 8.57. The molecule has 1 N–H and O–H groups in total. The lowest BCUT2D eigenvalue weighted by molar-refractivity contribution is -0.0979. The molecule has 1 aromatic rings. The van der Waals surface area contributed by atoms with E-state index >= 15 is 0 Å². The van der Waals surface area contributed by atoms with Gasteiger partial charge in [0.25, 0.3) is 0 Å². The zero-order chi connectivity index (χ0) is 13.2. The Bertz CT molecular complexity index is 388. The standard InChI is InChI=1S/C15H23NOS/c1-15(2)13(9-14(15)17-3)16-10-11-5-7-12(18-4)8-6-11/h5-8,13-14,16H,9-10H2,1-4H3. The first-order valence-corrected chi connectivity index (χ1v) is 7.69. The zero-order valence-electron chi connectivity index (χ0n) is 11.7. The lowest BCUT2D eigenvalue weighted by Crippen LogP contribution is -2.60. The number of thioether (sulfide) groups is 1. The van der Waals surface area contributed by atoms with Gasteiger partial charge in [-0.2, -0.15) is 0 Å². The van der Waals surface area contributed by atoms with Gasteiger partial charge in [-0.05, 0) is 30.4 Å². The van der Waals surface area contributed by atoms with Crippen LogP contribution < -0.4 is 5.32 Å². The molecule has 0 spiro atoms. The van der Waals surface area contributed by atoms with Crippen LogP contribution in [-0.2, 0) is 11.3 Å². The summed E-state index contributed by atoms with van der Waals surface area (Å²) in [6.45, 7) is 5.50. The van der Waals surface area contributed by atoms with Gasteiger partial charge in [-0.3, -0.25) is 0 Å². The van der Waals surface area contributed by atoms with Crippen LogP contribution in [0.2, 0.25) is 0 Å². The average molecular weight is 265 g/mol. The lowest BCUT2D eigenvalue weighted by atomic mass is 9.64. The summed E-state index contributed by atoms with van der Waals surface area (Å²) in [4.78, 5) is 1.32. The second kappa shape index (κ2) is 5.64. The maximum absolute atomic E-state index is 5.47. The van der Waals surface area contributed by atoms with Gasteiger partial charge in [0.05, 0.1) is 6.10 Å². The largest absolute Gasteiger partial charge is 0.381 e. The van der Waals surface area contributed by atoms with Crippen LogP contribution in [0.3, 0.4) is 0 Å². The van der Waals surface area contributed by atoms with Gasteiger partial charge in [0, 0.05) is 30.0 Å². The smallest absolute Gasteiger partial charge is 0.0652 e. The van der Waals surface area contributed by atoms with Gasteiger partial charge >= 0.3 is 0 Å². The molecule has 1 fully saturated rings. The van der Waals surface area contributed by atoms with E-state index in [4.69, 9.17) is 4.74 Å². The van der Waals surface area contributed by atoms with Crippen LogP contribution >= 0.6 is 11.8 Å². The summed E-state index contributed by atoms with van der Waals surface area (Å²) in [6, 6.07) is 9.34. The summed E-state index contributed by atoms with van der Waals surface area (Å²) in [5, 5.41) is 3.64. The summed E-state index contributed by atoms with van der Waals surface area (Å²) in [7, 11) is 1.81. The van der Waals surface area contributed by atoms with E-state index in [1.54, 1.807) is 11.8 Å². The molecule has 0 aromatic heterocycles. The predicted molar refractivity (Wildman–Crippen MR) is 78.0 cm³/mol. The minimum Gasteiger partial charge on any atom is -0.381 e. The van der Waals surface area contributed by atoms with E-state index in [0.29, 0.717) is 12.1 Å². The maximum Gasteiger partial charge on any atom is 0.0652 e. The zero-order valence-corrected chi connectivity index (χ0v) is 12.5. The first-order valence-electron chi connectivity index (χ1n) is 6.47. The molecule has 0 aliphatic heterocycles. The Kier molecular flexibility index (Phi) is 4.36. The van der Waals surface area contributed by atoms with Crippen LogP contribution in [0.1, 0.15) is 25.8 Å². The van der Waals surface area contributed by atoms with E-state index in [9.17, 15) is 0 Å². The molecule has 100 valence electrons. The molecule has 1 aliphatic carbocycles. The van der Waals surface area contributed by atoms with Crippen LogP contribution in [0.5, 0.6) is 0 Å². The summed E-state index contributed by atoms with van der Waals surface area (Å²) in [5.74, 6) is 0. The first kappa shape index (κ1) is 13.9. The summed E-state index contributed by atoms with van der Waals surface area (Å²) < 4.78 is 5.47. The monoisotopic (exact) mass is 265 g/mol. The molecule has 2 rings (SSSR count). The average Bonchev–Trinajstić information content (AvgIpc) is 2.38. The minimum absolute atomic E-state index is 0.244. The number of benzene rings is 1. The van der Waals surface area contributed by atoms with Crippen molar-refractivity contribution in [3.05, 3.63) is 29.8 Å². The Morgan fingerprint density at radius 2 is 2.00 bits per heavy atom. The number of nitrogens with one attached hydrogen (secondary N) is 1. The normalized spacial score (nSPS) is 25.8. The molecule has 2 atom stereocenters. The van der Waals surface area contributed by atoms with Crippen molar-refractivity contribution in [3.63, 3.8) is 0 Å². The fourth-order valence-electron chi connectivity index (χ4n) is 2.62. The van der Waals surface area contributed by atoms with E-state index in [1.165, 1.54) is 10.5 Å². The van der Waals surface area contributed by atoms with Gasteiger partial charge in [0.15, 0.2) is 0 Å². The molecular weight excluding hydrogens is 242 g/mol. The van der Waals surface area contributed by atoms with Crippen molar-refractivity contribution in [1.29, 1.82) is 0 Å². The molecular formula is C15H23NOS. The fraction of sp³-hybridized carbons (Fsp3) is 0.600. The van der Waals surface area contributed by atoms with E-state index < -0.39 is 0 Å². The van der Waals surface area contributed by atoms with E-state index in [1.807, 2.05) is 7.11 Å². The molecule has 0 heterocycles. The van der Waals surface area contributed by atoms with E-state index in [2.05, 4.69) is 49.7 Å². The van der Waals surface area contributed by atoms with Crippen molar-refractivity contribution < 1.29 is 4.74 Å². The van der Waals surface area contributed by atoms with Gasteiger partial charge in [-0.15, -0.1) is 11.8 Å². The van der Waals surface area contributed by atoms with Crippen LogP contribution in [0.25, 0.3) is 0 Å². The molecule has 1 aliphatic rings. The highest BCUT2D eigenvalue weighted by Gasteiger charge is 2.48. The lowest BCUT2D eigenvalue weighted by Gasteiger charge is -2.51. The Morgan fingerprint density at radius 3 is 2.50 bits per heavy atom. The van der Waals surface area contributed by atoms with Crippen molar-refractivity contribution in [3.8, 4) is 0 Å². The SMILES string of the molecule is COC1CC(NCc2ccc(SC)cc2)C1(C)C. The quantitative estimate of drug-likeness (QED) is 0.825. The maximum atomic E-state index is 5.47. The van der Waals surface area contributed by atoms with Gasteiger partial charge < -0.3 is 10.1 Å². The van der Waals surface area contributed by atoms with Crippen molar-refractivity contribution in [2.24, 2.45) is 5.41 Å². The molecule has 18 heavy (non-hydrogen) atoms. The molecule has 0 bridgehead atoms. The highest BCUT2D eigenvalue weighted by atomic mass is 32.2. The number of rotatable bonds is 5. The van der Waals surface area contributed by atoms with E-state index in [0.717, 1.165) is 13.0 Å². The second-order valence-electron chi connectivity index (χ2n) is 5.56. The third kappa shape index (κ3) is 2.73. The summed E-state index contributed by atoms with van der Waals surface area (Å²) >= 11 is 1.78. The van der Waals surface area contributed by atoms with Crippen LogP contribution in [0.4, 0.5) is 0 Å². The fourth-order valence-corrected chi connectivity index (χ4v) is 3.02. The topological polar surface area (TPSA) is 21.3 Å². The molecule has 0 saturated heterocycles. The Balaban J connectivity index is 1.85. The van der Waals surface area contributed by atoms with Crippen molar-refractivity contribution in [1.82, 2.24) is 5.32 Å². The Labute approximate surface area is 114 Å². The number of hydrogen-bond donors (Lipinski definition) is 1. The molecule has 2 nitrogen and oxygen atoms in total. The molecule has 0 radical (unpaired) electrons. The highest BCUT2D eigenvalue weighted by Crippen LogP contribution is 2.42. The summed E-state index contributed by atoms with van der Waals surface area (Å²) in [5.41, 5.74) is 1.60. The van der Waals surface area contributed by atoms with Crippen LogP contribution in [-0.4, -0.2) is 25.5 Å². The van der Waals surface area contributed by atoms with Gasteiger partial charge in [-0.25, -0.2) is 0 Å². The van der Waals surface area contributed by atoms with Gasteiger partial charge in [-0.1, -0.05) is 26.0 Å². The predicted octanol–water partition coefficient (Wildman–Crippen LogP) is 3.31. The minimum atomic E-state index is 0.244. The summed E-state index contributed by atoms with van der Waals surface area (Å²) in [6.07, 6.45) is 3.62. The number of methoxy groups -OCH3 is 1. The Hall–Kier alpha value is -0.510. The van der Waals surface area contributed by atoms with Crippen molar-refractivity contribution in [2.75, 3.05) is 13.4 Å². The van der Waals surface area contributed by atoms with Crippen LogP contribution in [0, 0.1) is 5.41 Å². The van der Waals surface area contributed by atoms with Gasteiger partial charge in [0.1, 0.15) is 0 Å².